The highest BCUT2D eigenvalue weighted by Gasteiger charge is 2.31. The van der Waals surface area contributed by atoms with Crippen molar-refractivity contribution in [2.75, 3.05) is 27.3 Å². The van der Waals surface area contributed by atoms with Crippen molar-refractivity contribution in [3.05, 3.63) is 46.9 Å². The lowest BCUT2D eigenvalue weighted by molar-refractivity contribution is -0.144. The number of hydrogen-bond donors (Lipinski definition) is 0. The van der Waals surface area contributed by atoms with Crippen LogP contribution in [0.2, 0.25) is 0 Å². The average molecular weight is 344 g/mol. The van der Waals surface area contributed by atoms with E-state index in [4.69, 9.17) is 0 Å². The molecular weight excluding hydrogens is 322 g/mol. The van der Waals surface area contributed by atoms with Gasteiger partial charge in [0.15, 0.2) is 0 Å². The van der Waals surface area contributed by atoms with Crippen LogP contribution in [-0.4, -0.2) is 50.1 Å². The number of aryl methyl sites for hydroxylation is 1. The first kappa shape index (κ1) is 18.7. The van der Waals surface area contributed by atoms with E-state index in [1.165, 1.54) is 20.1 Å². The summed E-state index contributed by atoms with van der Waals surface area (Å²) in [6.45, 7) is 3.37. The second-order valence-corrected chi connectivity index (χ2v) is 5.80. The van der Waals surface area contributed by atoms with Gasteiger partial charge in [-0.15, -0.1) is 0 Å². The zero-order chi connectivity index (χ0) is 18.6. The molecule has 1 aliphatic carbocycles. The summed E-state index contributed by atoms with van der Waals surface area (Å²) < 4.78 is 9.25. The topological polar surface area (TPSA) is 72.9 Å². The molecule has 1 amide bonds. The minimum absolute atomic E-state index is 0.318. The Hall–Kier alpha value is -2.63. The Morgan fingerprint density at radius 3 is 2.12 bits per heavy atom. The summed E-state index contributed by atoms with van der Waals surface area (Å²) in [7, 11) is 2.47. The maximum atomic E-state index is 13.0. The fourth-order valence-electron chi connectivity index (χ4n) is 2.56. The number of carbonyl (C=O) groups is 3. The molecule has 2 rings (SSSR count). The monoisotopic (exact) mass is 344 g/mol. The Morgan fingerprint density at radius 1 is 1.04 bits per heavy atom. The maximum Gasteiger partial charge on any atom is 0.325 e. The number of ether oxygens (including phenoxy) is 2. The van der Waals surface area contributed by atoms with Crippen molar-refractivity contribution < 1.29 is 23.9 Å². The third-order valence-electron chi connectivity index (χ3n) is 4.04. The summed E-state index contributed by atoms with van der Waals surface area (Å²) in [5.74, 6) is -0.407. The molecule has 0 atom stereocenters. The standard InChI is InChI=1S/C19H22NO5/c1-5-13-9-15(13)16-8-12(2)6-7-14(16)19(23)20(10-17(21)24-3)11-18(22)25-4/h6-9H,5,10-11H2,1-4H3. The normalized spacial score (nSPS) is 13.0. The SMILES string of the molecule is CC[C]1C=C1c1cc(C)ccc1C(=O)N(CC(=O)OC)CC(=O)OC. The van der Waals surface area contributed by atoms with E-state index >= 15 is 0 Å². The number of carbonyl (C=O) groups excluding carboxylic acids is 3. The molecule has 1 aliphatic rings. The zero-order valence-corrected chi connectivity index (χ0v) is 14.9. The van der Waals surface area contributed by atoms with Crippen molar-refractivity contribution >= 4 is 23.4 Å². The van der Waals surface area contributed by atoms with E-state index in [0.717, 1.165) is 28.0 Å². The Morgan fingerprint density at radius 2 is 1.64 bits per heavy atom. The molecule has 1 aromatic carbocycles. The molecule has 0 fully saturated rings. The average Bonchev–Trinajstić information content (AvgIpc) is 3.39. The fraction of sp³-hybridized carbons (Fsp3) is 0.368. The van der Waals surface area contributed by atoms with Crippen LogP contribution < -0.4 is 0 Å². The Bertz CT molecular complexity index is 705. The van der Waals surface area contributed by atoms with Gasteiger partial charge in [0.25, 0.3) is 5.91 Å². The van der Waals surface area contributed by atoms with E-state index in [1.807, 2.05) is 25.1 Å². The van der Waals surface area contributed by atoms with Crippen LogP contribution in [0.3, 0.4) is 0 Å². The van der Waals surface area contributed by atoms with Crippen molar-refractivity contribution in [2.45, 2.75) is 20.3 Å². The van der Waals surface area contributed by atoms with Gasteiger partial charge < -0.3 is 14.4 Å². The van der Waals surface area contributed by atoms with Crippen LogP contribution in [0.5, 0.6) is 0 Å². The van der Waals surface area contributed by atoms with Gasteiger partial charge in [0, 0.05) is 11.5 Å². The molecule has 0 saturated carbocycles. The molecule has 6 nitrogen and oxygen atoms in total. The molecule has 0 aromatic heterocycles. The molecule has 25 heavy (non-hydrogen) atoms. The maximum absolute atomic E-state index is 13.0. The zero-order valence-electron chi connectivity index (χ0n) is 14.9. The first-order chi connectivity index (χ1) is 11.9. The van der Waals surface area contributed by atoms with Gasteiger partial charge in [0.05, 0.1) is 14.2 Å². The highest BCUT2D eigenvalue weighted by atomic mass is 16.5. The predicted octanol–water partition coefficient (Wildman–Crippen LogP) is 2.16. The molecular formula is C19H22NO5. The number of benzene rings is 1. The lowest BCUT2D eigenvalue weighted by Gasteiger charge is -2.21. The van der Waals surface area contributed by atoms with Gasteiger partial charge in [-0.05, 0) is 30.5 Å². The minimum Gasteiger partial charge on any atom is -0.468 e. The summed E-state index contributed by atoms with van der Waals surface area (Å²) in [5.41, 5.74) is 3.35. The molecule has 0 aliphatic heterocycles. The largest absolute Gasteiger partial charge is 0.468 e. The van der Waals surface area contributed by atoms with Crippen molar-refractivity contribution in [3.8, 4) is 0 Å². The quantitative estimate of drug-likeness (QED) is 0.709. The van der Waals surface area contributed by atoms with Gasteiger partial charge in [-0.3, -0.25) is 14.4 Å². The highest BCUT2D eigenvalue weighted by Crippen LogP contribution is 2.44. The number of methoxy groups -OCH3 is 2. The molecule has 0 saturated heterocycles. The van der Waals surface area contributed by atoms with Crippen LogP contribution >= 0.6 is 0 Å². The molecule has 1 radical (unpaired) electrons. The number of nitrogens with zero attached hydrogens (tertiary/aromatic N) is 1. The molecule has 0 unspecified atom stereocenters. The van der Waals surface area contributed by atoms with Crippen LogP contribution in [0.4, 0.5) is 0 Å². The first-order valence-electron chi connectivity index (χ1n) is 8.03. The van der Waals surface area contributed by atoms with E-state index in [0.29, 0.717) is 5.56 Å². The minimum atomic E-state index is -0.600. The van der Waals surface area contributed by atoms with Crippen molar-refractivity contribution in [1.29, 1.82) is 0 Å². The molecule has 1 aromatic rings. The number of amides is 1. The van der Waals surface area contributed by atoms with Crippen molar-refractivity contribution in [3.63, 3.8) is 0 Å². The number of allylic oxidation sites excluding steroid dienone is 2. The summed E-state index contributed by atoms with van der Waals surface area (Å²) >= 11 is 0. The molecule has 0 N–H and O–H groups in total. The Kier molecular flexibility index (Phi) is 5.96. The van der Waals surface area contributed by atoms with Gasteiger partial charge in [-0.2, -0.15) is 0 Å². The smallest absolute Gasteiger partial charge is 0.325 e. The predicted molar refractivity (Wildman–Crippen MR) is 92.6 cm³/mol. The van der Waals surface area contributed by atoms with Crippen LogP contribution in [0.1, 0.15) is 34.8 Å². The molecule has 133 valence electrons. The lowest BCUT2D eigenvalue weighted by atomic mass is 9.98. The van der Waals surface area contributed by atoms with Gasteiger partial charge in [-0.25, -0.2) is 0 Å². The third kappa shape index (κ3) is 4.47. The fourth-order valence-corrected chi connectivity index (χ4v) is 2.56. The summed E-state index contributed by atoms with van der Waals surface area (Å²) in [5, 5.41) is 0. The van der Waals surface area contributed by atoms with Crippen LogP contribution in [0, 0.1) is 12.8 Å². The van der Waals surface area contributed by atoms with Gasteiger partial charge >= 0.3 is 11.9 Å². The van der Waals surface area contributed by atoms with Gasteiger partial charge in [-0.1, -0.05) is 30.7 Å². The van der Waals surface area contributed by atoms with Crippen LogP contribution in [0.25, 0.3) is 5.57 Å². The Balaban J connectivity index is 2.33. The lowest BCUT2D eigenvalue weighted by Crippen LogP contribution is -2.40. The summed E-state index contributed by atoms with van der Waals surface area (Å²) in [6.07, 6.45) is 2.93. The second-order valence-electron chi connectivity index (χ2n) is 5.80. The molecule has 0 bridgehead atoms. The van der Waals surface area contributed by atoms with E-state index in [-0.39, 0.29) is 13.1 Å². The number of rotatable bonds is 7. The van der Waals surface area contributed by atoms with E-state index in [1.54, 1.807) is 6.07 Å². The van der Waals surface area contributed by atoms with E-state index in [9.17, 15) is 14.4 Å². The molecule has 6 heteroatoms. The highest BCUT2D eigenvalue weighted by molar-refractivity contribution is 6.06. The van der Waals surface area contributed by atoms with E-state index < -0.39 is 17.8 Å². The second kappa shape index (κ2) is 7.96. The van der Waals surface area contributed by atoms with Crippen LogP contribution in [-0.2, 0) is 19.1 Å². The number of esters is 2. The Labute approximate surface area is 147 Å². The van der Waals surface area contributed by atoms with Crippen molar-refractivity contribution in [1.82, 2.24) is 4.90 Å². The summed E-state index contributed by atoms with van der Waals surface area (Å²) in [6, 6.07) is 5.50. The van der Waals surface area contributed by atoms with Crippen LogP contribution in [0.15, 0.2) is 24.3 Å². The van der Waals surface area contributed by atoms with Crippen molar-refractivity contribution in [2.24, 2.45) is 0 Å². The first-order valence-corrected chi connectivity index (χ1v) is 8.03. The summed E-state index contributed by atoms with van der Waals surface area (Å²) in [4.78, 5) is 37.4. The number of hydrogen-bond acceptors (Lipinski definition) is 5. The van der Waals surface area contributed by atoms with Gasteiger partial charge in [0.1, 0.15) is 13.1 Å². The van der Waals surface area contributed by atoms with Gasteiger partial charge in [0.2, 0.25) is 0 Å². The third-order valence-corrected chi connectivity index (χ3v) is 4.04. The van der Waals surface area contributed by atoms with E-state index in [2.05, 4.69) is 16.4 Å². The molecule has 0 heterocycles. The molecule has 0 spiro atoms.